The van der Waals surface area contributed by atoms with E-state index in [9.17, 15) is 8.78 Å². The van der Waals surface area contributed by atoms with Crippen LogP contribution in [0.1, 0.15) is 11.7 Å². The number of rotatable bonds is 6. The monoisotopic (exact) mass is 390 g/mol. The van der Waals surface area contributed by atoms with Crippen LogP contribution < -0.4 is 9.64 Å². The number of hydrogen-bond donors (Lipinski definition) is 0. The zero-order valence-electron chi connectivity index (χ0n) is 15.4. The second-order valence-corrected chi connectivity index (χ2v) is 6.58. The van der Waals surface area contributed by atoms with Gasteiger partial charge in [-0.05, 0) is 25.1 Å². The van der Waals surface area contributed by atoms with E-state index < -0.39 is 13.0 Å². The summed E-state index contributed by atoms with van der Waals surface area (Å²) in [4.78, 5) is 16.9. The SMILES string of the molecule is Cc1noc(CN2CCN(c3ccc4ncnc(OCC(F)F)c4c3)CC2)n1. The number of ether oxygens (including phenoxy) is 1. The minimum atomic E-state index is -2.55. The van der Waals surface area contributed by atoms with E-state index in [4.69, 9.17) is 9.26 Å². The number of halogens is 2. The van der Waals surface area contributed by atoms with Crippen molar-refractivity contribution in [2.24, 2.45) is 0 Å². The number of fused-ring (bicyclic) bond motifs is 1. The van der Waals surface area contributed by atoms with E-state index in [1.165, 1.54) is 6.33 Å². The molecular weight excluding hydrogens is 370 g/mol. The Bertz CT molecular complexity index is 943. The molecule has 0 saturated carbocycles. The number of hydrogen-bond acceptors (Lipinski definition) is 8. The molecule has 1 aromatic carbocycles. The Balaban J connectivity index is 1.45. The molecule has 148 valence electrons. The summed E-state index contributed by atoms with van der Waals surface area (Å²) in [5.41, 5.74) is 1.64. The Morgan fingerprint density at radius 2 is 2.00 bits per heavy atom. The van der Waals surface area contributed by atoms with Crippen molar-refractivity contribution in [1.29, 1.82) is 0 Å². The van der Waals surface area contributed by atoms with Crippen molar-refractivity contribution in [3.8, 4) is 5.88 Å². The summed E-state index contributed by atoms with van der Waals surface area (Å²) in [6.07, 6.45) is -1.23. The molecule has 3 aromatic rings. The first kappa shape index (κ1) is 18.5. The third kappa shape index (κ3) is 4.16. The van der Waals surface area contributed by atoms with Crippen molar-refractivity contribution in [3.63, 3.8) is 0 Å². The highest BCUT2D eigenvalue weighted by molar-refractivity contribution is 5.86. The molecule has 0 unspecified atom stereocenters. The normalized spacial score (nSPS) is 15.5. The third-order valence-electron chi connectivity index (χ3n) is 4.59. The van der Waals surface area contributed by atoms with Crippen LogP contribution in [0.2, 0.25) is 0 Å². The molecule has 1 aliphatic rings. The summed E-state index contributed by atoms with van der Waals surface area (Å²) in [6.45, 7) is 5.07. The second kappa shape index (κ2) is 8.01. The van der Waals surface area contributed by atoms with Gasteiger partial charge in [0.15, 0.2) is 12.4 Å². The first-order valence-corrected chi connectivity index (χ1v) is 9.00. The maximum absolute atomic E-state index is 12.5. The topological polar surface area (TPSA) is 80.4 Å². The minimum Gasteiger partial charge on any atom is -0.471 e. The molecule has 0 radical (unpaired) electrons. The quantitative estimate of drug-likeness (QED) is 0.634. The van der Waals surface area contributed by atoms with Gasteiger partial charge in [0.2, 0.25) is 11.8 Å². The van der Waals surface area contributed by atoms with Crippen LogP contribution in [0.5, 0.6) is 5.88 Å². The number of benzene rings is 1. The Kier molecular flexibility index (Phi) is 5.29. The number of aromatic nitrogens is 4. The highest BCUT2D eigenvalue weighted by Gasteiger charge is 2.20. The molecule has 28 heavy (non-hydrogen) atoms. The van der Waals surface area contributed by atoms with Crippen LogP contribution in [-0.2, 0) is 6.54 Å². The molecule has 3 heterocycles. The number of piperazine rings is 1. The highest BCUT2D eigenvalue weighted by Crippen LogP contribution is 2.27. The van der Waals surface area contributed by atoms with Gasteiger partial charge in [-0.25, -0.2) is 18.7 Å². The number of alkyl halides is 2. The van der Waals surface area contributed by atoms with Crippen LogP contribution in [0, 0.1) is 6.92 Å². The fraction of sp³-hybridized carbons (Fsp3) is 0.444. The molecule has 0 amide bonds. The molecule has 1 fully saturated rings. The van der Waals surface area contributed by atoms with Crippen LogP contribution in [-0.4, -0.2) is 64.2 Å². The number of nitrogens with zero attached hydrogens (tertiary/aromatic N) is 6. The maximum Gasteiger partial charge on any atom is 0.272 e. The van der Waals surface area contributed by atoms with E-state index in [2.05, 4.69) is 29.9 Å². The lowest BCUT2D eigenvalue weighted by Gasteiger charge is -2.35. The Labute approximate surface area is 160 Å². The average Bonchev–Trinajstić information content (AvgIpc) is 3.11. The maximum atomic E-state index is 12.5. The Hall–Kier alpha value is -2.88. The zero-order chi connectivity index (χ0) is 19.5. The first-order valence-electron chi connectivity index (χ1n) is 9.00. The molecular formula is C18H20F2N6O2. The standard InChI is InChI=1S/C18H20F2N6O2/c1-12-23-17(28-24-12)9-25-4-6-26(7-5-25)13-2-3-15-14(8-13)18(22-11-21-15)27-10-16(19)20/h2-3,8,11,16H,4-7,9-10H2,1H3. The van der Waals surface area contributed by atoms with Crippen LogP contribution in [0.3, 0.4) is 0 Å². The van der Waals surface area contributed by atoms with Crippen molar-refractivity contribution in [1.82, 2.24) is 25.0 Å². The summed E-state index contributed by atoms with van der Waals surface area (Å²) in [5, 5.41) is 4.44. The van der Waals surface area contributed by atoms with E-state index in [0.29, 0.717) is 29.2 Å². The fourth-order valence-electron chi connectivity index (χ4n) is 3.23. The van der Waals surface area contributed by atoms with Gasteiger partial charge in [0.05, 0.1) is 17.4 Å². The smallest absolute Gasteiger partial charge is 0.272 e. The second-order valence-electron chi connectivity index (χ2n) is 6.58. The summed E-state index contributed by atoms with van der Waals surface area (Å²) in [5.74, 6) is 1.43. The highest BCUT2D eigenvalue weighted by atomic mass is 19.3. The van der Waals surface area contributed by atoms with Crippen molar-refractivity contribution in [2.45, 2.75) is 19.9 Å². The minimum absolute atomic E-state index is 0.178. The van der Waals surface area contributed by atoms with Crippen molar-refractivity contribution in [3.05, 3.63) is 36.2 Å². The Morgan fingerprint density at radius 1 is 1.18 bits per heavy atom. The van der Waals surface area contributed by atoms with Crippen molar-refractivity contribution < 1.29 is 18.0 Å². The Morgan fingerprint density at radius 3 is 2.71 bits per heavy atom. The zero-order valence-corrected chi connectivity index (χ0v) is 15.4. The lowest BCUT2D eigenvalue weighted by Crippen LogP contribution is -2.46. The first-order chi connectivity index (χ1) is 13.6. The van der Waals surface area contributed by atoms with Crippen molar-refractivity contribution in [2.75, 3.05) is 37.7 Å². The largest absolute Gasteiger partial charge is 0.471 e. The molecule has 10 heteroatoms. The molecule has 4 rings (SSSR count). The predicted molar refractivity (Wildman–Crippen MR) is 97.6 cm³/mol. The van der Waals surface area contributed by atoms with Gasteiger partial charge >= 0.3 is 0 Å². The van der Waals surface area contributed by atoms with E-state index in [0.717, 1.165) is 31.9 Å². The van der Waals surface area contributed by atoms with E-state index in [-0.39, 0.29) is 5.88 Å². The molecule has 0 N–H and O–H groups in total. The van der Waals surface area contributed by atoms with Crippen LogP contribution in [0.15, 0.2) is 29.0 Å². The lowest BCUT2D eigenvalue weighted by molar-refractivity contribution is 0.0804. The van der Waals surface area contributed by atoms with Gasteiger partial charge in [-0.3, -0.25) is 4.90 Å². The van der Waals surface area contributed by atoms with Crippen LogP contribution >= 0.6 is 0 Å². The average molecular weight is 390 g/mol. The molecule has 1 aliphatic heterocycles. The van der Waals surface area contributed by atoms with Gasteiger partial charge in [-0.1, -0.05) is 5.16 Å². The van der Waals surface area contributed by atoms with E-state index >= 15 is 0 Å². The molecule has 1 saturated heterocycles. The summed E-state index contributed by atoms with van der Waals surface area (Å²) in [6, 6.07) is 5.73. The van der Waals surface area contributed by atoms with Gasteiger partial charge in [0, 0.05) is 31.9 Å². The van der Waals surface area contributed by atoms with Crippen LogP contribution in [0.25, 0.3) is 10.9 Å². The van der Waals surface area contributed by atoms with Gasteiger partial charge < -0.3 is 14.2 Å². The predicted octanol–water partition coefficient (Wildman–Crippen LogP) is 2.29. The number of aryl methyl sites for hydroxylation is 1. The third-order valence-corrected chi connectivity index (χ3v) is 4.59. The summed E-state index contributed by atoms with van der Waals surface area (Å²) in [7, 11) is 0. The lowest BCUT2D eigenvalue weighted by atomic mass is 10.2. The van der Waals surface area contributed by atoms with Gasteiger partial charge in [0.25, 0.3) is 6.43 Å². The van der Waals surface area contributed by atoms with E-state index in [1.54, 1.807) is 6.92 Å². The van der Waals surface area contributed by atoms with Gasteiger partial charge in [-0.2, -0.15) is 4.98 Å². The molecule has 0 bridgehead atoms. The molecule has 0 spiro atoms. The van der Waals surface area contributed by atoms with Crippen molar-refractivity contribution >= 4 is 16.6 Å². The molecule has 0 atom stereocenters. The summed E-state index contributed by atoms with van der Waals surface area (Å²) < 4.78 is 35.3. The molecule has 0 aliphatic carbocycles. The van der Waals surface area contributed by atoms with Crippen LogP contribution in [0.4, 0.5) is 14.5 Å². The fourth-order valence-corrected chi connectivity index (χ4v) is 3.23. The summed E-state index contributed by atoms with van der Waals surface area (Å²) >= 11 is 0. The molecule has 8 nitrogen and oxygen atoms in total. The number of anilines is 1. The van der Waals surface area contributed by atoms with Gasteiger partial charge in [-0.15, -0.1) is 0 Å². The molecule has 2 aromatic heterocycles. The van der Waals surface area contributed by atoms with E-state index in [1.807, 2.05) is 18.2 Å². The van der Waals surface area contributed by atoms with Gasteiger partial charge in [0.1, 0.15) is 6.33 Å².